The zero-order valence-corrected chi connectivity index (χ0v) is 18.9. The number of benzene rings is 1. The lowest BCUT2D eigenvalue weighted by Crippen LogP contribution is -2.35. The van der Waals surface area contributed by atoms with Crippen molar-refractivity contribution < 1.29 is 32.3 Å². The molecule has 1 aliphatic rings. The average molecular weight is 479 g/mol. The molecule has 1 N–H and O–H groups in total. The topological polar surface area (TPSA) is 82.0 Å². The van der Waals surface area contributed by atoms with Crippen molar-refractivity contribution in [3.63, 3.8) is 0 Å². The van der Waals surface area contributed by atoms with Crippen LogP contribution in [-0.4, -0.2) is 43.0 Å². The first-order valence-corrected chi connectivity index (χ1v) is 11.1. The smallest absolute Gasteiger partial charge is 0.416 e. The van der Waals surface area contributed by atoms with E-state index in [4.69, 9.17) is 14.3 Å². The molecule has 0 unspecified atom stereocenters. The first-order valence-electron chi connectivity index (χ1n) is 11.1. The number of aromatic nitrogens is 1. The molecule has 184 valence electrons. The Kier molecular flexibility index (Phi) is 9.26. The third kappa shape index (κ3) is 8.02. The van der Waals surface area contributed by atoms with E-state index in [0.717, 1.165) is 38.2 Å². The van der Waals surface area contributed by atoms with Crippen molar-refractivity contribution in [3.8, 4) is 5.88 Å². The molecule has 1 aromatic carbocycles. The Morgan fingerprint density at radius 2 is 1.91 bits per heavy atom. The number of hydrogen-bond acceptors (Lipinski definition) is 6. The van der Waals surface area contributed by atoms with Crippen molar-refractivity contribution in [1.29, 1.82) is 0 Å². The van der Waals surface area contributed by atoms with Crippen molar-refractivity contribution in [2.45, 2.75) is 39.0 Å². The molecule has 0 aliphatic carbocycles. The SMILES string of the molecule is CCC(=NOCc1ccc(C(F)(F)F)cc1)c1ccc(OCC(=O)NCC2CCOCC2)nc1. The maximum Gasteiger partial charge on any atom is 0.416 e. The van der Waals surface area contributed by atoms with Gasteiger partial charge in [-0.25, -0.2) is 4.98 Å². The van der Waals surface area contributed by atoms with E-state index in [-0.39, 0.29) is 19.1 Å². The van der Waals surface area contributed by atoms with Gasteiger partial charge < -0.3 is 19.6 Å². The predicted octanol–water partition coefficient (Wildman–Crippen LogP) is 4.35. The number of rotatable bonds is 10. The Morgan fingerprint density at radius 1 is 1.18 bits per heavy atom. The number of nitrogens with zero attached hydrogens (tertiary/aromatic N) is 2. The number of carbonyl (C=O) groups excluding carboxylic acids is 1. The quantitative estimate of drug-likeness (QED) is 0.405. The molecule has 2 aromatic rings. The van der Waals surface area contributed by atoms with Crippen LogP contribution >= 0.6 is 0 Å². The van der Waals surface area contributed by atoms with Crippen LogP contribution in [0, 0.1) is 5.92 Å². The van der Waals surface area contributed by atoms with Crippen molar-refractivity contribution in [3.05, 3.63) is 59.3 Å². The van der Waals surface area contributed by atoms with Gasteiger partial charge in [0.15, 0.2) is 6.61 Å². The summed E-state index contributed by atoms with van der Waals surface area (Å²) < 4.78 is 48.7. The molecule has 1 aromatic heterocycles. The van der Waals surface area contributed by atoms with E-state index in [9.17, 15) is 18.0 Å². The average Bonchev–Trinajstić information content (AvgIpc) is 2.85. The second-order valence-electron chi connectivity index (χ2n) is 7.89. The molecule has 1 aliphatic heterocycles. The number of halogens is 3. The minimum Gasteiger partial charge on any atom is -0.468 e. The monoisotopic (exact) mass is 479 g/mol. The summed E-state index contributed by atoms with van der Waals surface area (Å²) in [5, 5.41) is 6.96. The van der Waals surface area contributed by atoms with Gasteiger partial charge >= 0.3 is 6.18 Å². The summed E-state index contributed by atoms with van der Waals surface area (Å²) in [7, 11) is 0. The molecule has 0 atom stereocenters. The fourth-order valence-electron chi connectivity index (χ4n) is 3.33. The summed E-state index contributed by atoms with van der Waals surface area (Å²) in [6.07, 6.45) is -0.355. The van der Waals surface area contributed by atoms with E-state index in [1.165, 1.54) is 12.1 Å². The van der Waals surface area contributed by atoms with Crippen LogP contribution in [0.2, 0.25) is 0 Å². The first-order chi connectivity index (χ1) is 16.3. The highest BCUT2D eigenvalue weighted by Crippen LogP contribution is 2.29. The lowest BCUT2D eigenvalue weighted by atomic mass is 10.0. The summed E-state index contributed by atoms with van der Waals surface area (Å²) in [6, 6.07) is 8.14. The number of nitrogens with one attached hydrogen (secondary N) is 1. The number of carbonyl (C=O) groups is 1. The largest absolute Gasteiger partial charge is 0.468 e. The van der Waals surface area contributed by atoms with E-state index in [1.807, 2.05) is 6.92 Å². The molecule has 34 heavy (non-hydrogen) atoms. The molecule has 0 spiro atoms. The van der Waals surface area contributed by atoms with Gasteiger partial charge in [0.05, 0.1) is 11.3 Å². The van der Waals surface area contributed by atoms with Crippen molar-refractivity contribution in [1.82, 2.24) is 10.3 Å². The minimum atomic E-state index is -4.37. The van der Waals surface area contributed by atoms with Gasteiger partial charge in [-0.2, -0.15) is 13.2 Å². The van der Waals surface area contributed by atoms with Crippen molar-refractivity contribution in [2.24, 2.45) is 11.1 Å². The molecular weight excluding hydrogens is 451 g/mol. The number of ether oxygens (including phenoxy) is 2. The number of pyridine rings is 1. The first kappa shape index (κ1) is 25.5. The highest BCUT2D eigenvalue weighted by atomic mass is 19.4. The fraction of sp³-hybridized carbons (Fsp3) is 0.458. The van der Waals surface area contributed by atoms with Crippen LogP contribution in [-0.2, 0) is 27.2 Å². The Morgan fingerprint density at radius 3 is 2.53 bits per heavy atom. The zero-order valence-electron chi connectivity index (χ0n) is 18.9. The minimum absolute atomic E-state index is 0.0409. The lowest BCUT2D eigenvalue weighted by Gasteiger charge is -2.22. The summed E-state index contributed by atoms with van der Waals surface area (Å²) in [5.74, 6) is 0.541. The van der Waals surface area contributed by atoms with Gasteiger partial charge in [-0.15, -0.1) is 0 Å². The van der Waals surface area contributed by atoms with Gasteiger partial charge in [0.25, 0.3) is 5.91 Å². The molecule has 1 saturated heterocycles. The molecular formula is C24H28F3N3O4. The third-order valence-corrected chi connectivity index (χ3v) is 5.37. The molecule has 0 radical (unpaired) electrons. The van der Waals surface area contributed by atoms with Gasteiger partial charge in [-0.05, 0) is 48.9 Å². The van der Waals surface area contributed by atoms with Crippen molar-refractivity contribution in [2.75, 3.05) is 26.4 Å². The van der Waals surface area contributed by atoms with E-state index >= 15 is 0 Å². The molecule has 1 amide bonds. The van der Waals surface area contributed by atoms with E-state index in [2.05, 4.69) is 15.5 Å². The highest BCUT2D eigenvalue weighted by Gasteiger charge is 2.29. The van der Waals surface area contributed by atoms with Crippen LogP contribution in [0.25, 0.3) is 0 Å². The summed E-state index contributed by atoms with van der Waals surface area (Å²) in [5.41, 5.74) is 1.20. The van der Waals surface area contributed by atoms with Crippen LogP contribution in [0.1, 0.15) is 42.9 Å². The Balaban J connectivity index is 1.45. The zero-order chi connectivity index (χ0) is 24.4. The molecule has 3 rings (SSSR count). The fourth-order valence-corrected chi connectivity index (χ4v) is 3.33. The van der Waals surface area contributed by atoms with Gasteiger partial charge in [-0.3, -0.25) is 4.79 Å². The van der Waals surface area contributed by atoms with Crippen LogP contribution in [0.15, 0.2) is 47.8 Å². The molecule has 7 nitrogen and oxygen atoms in total. The number of oxime groups is 1. The summed E-state index contributed by atoms with van der Waals surface area (Å²) >= 11 is 0. The van der Waals surface area contributed by atoms with Gasteiger partial charge in [0, 0.05) is 37.6 Å². The maximum atomic E-state index is 12.6. The summed E-state index contributed by atoms with van der Waals surface area (Å²) in [6.45, 7) is 3.89. The van der Waals surface area contributed by atoms with E-state index < -0.39 is 11.7 Å². The Labute approximate surface area is 196 Å². The van der Waals surface area contributed by atoms with Gasteiger partial charge in [-0.1, -0.05) is 24.2 Å². The standard InChI is InChI=1S/C24H28F3N3O4/c1-2-21(30-34-15-18-3-6-20(7-4-18)24(25,26)27)19-5-8-23(29-14-19)33-16-22(31)28-13-17-9-11-32-12-10-17/h3-8,14,17H,2,9-13,15-16H2,1H3,(H,28,31). The molecule has 0 saturated carbocycles. The van der Waals surface area contributed by atoms with Crippen molar-refractivity contribution >= 4 is 11.6 Å². The normalized spacial score (nSPS) is 15.1. The van der Waals surface area contributed by atoms with Crippen LogP contribution in [0.4, 0.5) is 13.2 Å². The van der Waals surface area contributed by atoms with Gasteiger partial charge in [0.1, 0.15) is 6.61 Å². The predicted molar refractivity (Wildman–Crippen MR) is 119 cm³/mol. The van der Waals surface area contributed by atoms with Crippen LogP contribution in [0.3, 0.4) is 0 Å². The second kappa shape index (κ2) is 12.4. The third-order valence-electron chi connectivity index (χ3n) is 5.37. The van der Waals surface area contributed by atoms with Gasteiger partial charge in [0.2, 0.25) is 5.88 Å². The van der Waals surface area contributed by atoms with Crippen LogP contribution in [0.5, 0.6) is 5.88 Å². The van der Waals surface area contributed by atoms with E-state index in [1.54, 1.807) is 18.3 Å². The lowest BCUT2D eigenvalue weighted by molar-refractivity contribution is -0.137. The molecule has 10 heteroatoms. The molecule has 0 bridgehead atoms. The number of amides is 1. The molecule has 2 heterocycles. The Hall–Kier alpha value is -3.14. The molecule has 1 fully saturated rings. The van der Waals surface area contributed by atoms with E-state index in [0.29, 0.717) is 41.6 Å². The second-order valence-corrected chi connectivity index (χ2v) is 7.89. The number of hydrogen-bond donors (Lipinski definition) is 1. The highest BCUT2D eigenvalue weighted by molar-refractivity contribution is 5.99. The Bertz CT molecular complexity index is 941. The van der Waals surface area contributed by atoms with Crippen LogP contribution < -0.4 is 10.1 Å². The number of alkyl halides is 3. The maximum absolute atomic E-state index is 12.6. The summed E-state index contributed by atoms with van der Waals surface area (Å²) in [4.78, 5) is 21.5.